The fraction of sp³-hybridized carbons (Fsp3) is 0.600. The van der Waals surface area contributed by atoms with Crippen LogP contribution in [0.3, 0.4) is 0 Å². The van der Waals surface area contributed by atoms with E-state index in [1.54, 1.807) is 13.3 Å². The highest BCUT2D eigenvalue weighted by Gasteiger charge is 2.17. The highest BCUT2D eigenvalue weighted by atomic mass is 79.9. The summed E-state index contributed by atoms with van der Waals surface area (Å²) in [5, 5.41) is 3.23. The lowest BCUT2D eigenvalue weighted by atomic mass is 9.85. The standard InChI is InChI=1S/C10H14BrN3O/c1-15-9-8(11)6-13-10(14-9)12-5-7-3-2-4-7/h6-7H,2-5H2,1H3,(H,12,13,14). The van der Waals surface area contributed by atoms with Crippen molar-refractivity contribution >= 4 is 21.9 Å². The number of anilines is 1. The van der Waals surface area contributed by atoms with E-state index in [-0.39, 0.29) is 0 Å². The molecule has 1 heterocycles. The van der Waals surface area contributed by atoms with E-state index in [0.717, 1.165) is 16.9 Å². The number of aromatic nitrogens is 2. The average molecular weight is 272 g/mol. The van der Waals surface area contributed by atoms with Gasteiger partial charge in [0.1, 0.15) is 0 Å². The van der Waals surface area contributed by atoms with Crippen LogP contribution >= 0.6 is 15.9 Å². The number of rotatable bonds is 4. The van der Waals surface area contributed by atoms with Crippen molar-refractivity contribution in [3.63, 3.8) is 0 Å². The Morgan fingerprint density at radius 3 is 3.00 bits per heavy atom. The molecule has 1 aromatic heterocycles. The van der Waals surface area contributed by atoms with Gasteiger partial charge in [-0.3, -0.25) is 0 Å². The number of ether oxygens (including phenoxy) is 1. The highest BCUT2D eigenvalue weighted by molar-refractivity contribution is 9.10. The SMILES string of the molecule is COc1nc(NCC2CCC2)ncc1Br. The highest BCUT2D eigenvalue weighted by Crippen LogP contribution is 2.27. The molecule has 1 saturated carbocycles. The molecule has 4 nitrogen and oxygen atoms in total. The van der Waals surface area contributed by atoms with E-state index in [4.69, 9.17) is 4.74 Å². The van der Waals surface area contributed by atoms with E-state index < -0.39 is 0 Å². The van der Waals surface area contributed by atoms with Crippen LogP contribution in [0.15, 0.2) is 10.7 Å². The van der Waals surface area contributed by atoms with E-state index in [1.807, 2.05) is 0 Å². The molecule has 0 unspecified atom stereocenters. The summed E-state index contributed by atoms with van der Waals surface area (Å²) >= 11 is 3.32. The Morgan fingerprint density at radius 2 is 2.40 bits per heavy atom. The molecule has 0 amide bonds. The van der Waals surface area contributed by atoms with E-state index in [2.05, 4.69) is 31.2 Å². The van der Waals surface area contributed by atoms with Gasteiger partial charge in [-0.25, -0.2) is 4.98 Å². The first-order valence-electron chi connectivity index (χ1n) is 5.10. The molecule has 15 heavy (non-hydrogen) atoms. The summed E-state index contributed by atoms with van der Waals surface area (Å²) in [6.45, 7) is 0.963. The summed E-state index contributed by atoms with van der Waals surface area (Å²) in [4.78, 5) is 8.40. The monoisotopic (exact) mass is 271 g/mol. The van der Waals surface area contributed by atoms with Gasteiger partial charge < -0.3 is 10.1 Å². The van der Waals surface area contributed by atoms with Crippen molar-refractivity contribution in [3.8, 4) is 5.88 Å². The first kappa shape index (κ1) is 10.7. The molecule has 1 aliphatic carbocycles. The van der Waals surface area contributed by atoms with Crippen molar-refractivity contribution in [2.24, 2.45) is 5.92 Å². The fourth-order valence-electron chi connectivity index (χ4n) is 1.51. The second kappa shape index (κ2) is 4.79. The van der Waals surface area contributed by atoms with Gasteiger partial charge in [0.15, 0.2) is 0 Å². The van der Waals surface area contributed by atoms with Gasteiger partial charge in [-0.2, -0.15) is 4.98 Å². The predicted molar refractivity (Wildman–Crippen MR) is 62.1 cm³/mol. The van der Waals surface area contributed by atoms with Crippen LogP contribution in [0, 0.1) is 5.92 Å². The number of halogens is 1. The van der Waals surface area contributed by atoms with Crippen LogP contribution in [0.2, 0.25) is 0 Å². The maximum Gasteiger partial charge on any atom is 0.232 e. The number of methoxy groups -OCH3 is 1. The first-order chi connectivity index (χ1) is 7.29. The lowest BCUT2D eigenvalue weighted by Crippen LogP contribution is -2.21. The lowest BCUT2D eigenvalue weighted by molar-refractivity contribution is 0.332. The third-order valence-corrected chi connectivity index (χ3v) is 3.22. The lowest BCUT2D eigenvalue weighted by Gasteiger charge is -2.25. The Morgan fingerprint density at radius 1 is 1.60 bits per heavy atom. The van der Waals surface area contributed by atoms with Crippen molar-refractivity contribution in [3.05, 3.63) is 10.7 Å². The molecule has 0 radical (unpaired) electrons. The zero-order valence-electron chi connectivity index (χ0n) is 8.66. The smallest absolute Gasteiger partial charge is 0.232 e. The molecule has 0 aliphatic heterocycles. The summed E-state index contributed by atoms with van der Waals surface area (Å²) in [5.41, 5.74) is 0. The molecular weight excluding hydrogens is 258 g/mol. The van der Waals surface area contributed by atoms with E-state index in [1.165, 1.54) is 19.3 Å². The second-order valence-corrected chi connectivity index (χ2v) is 4.58. The van der Waals surface area contributed by atoms with Crippen LogP contribution in [-0.4, -0.2) is 23.6 Å². The fourth-order valence-corrected chi connectivity index (χ4v) is 1.87. The van der Waals surface area contributed by atoms with Crippen molar-refractivity contribution in [1.82, 2.24) is 9.97 Å². The van der Waals surface area contributed by atoms with Crippen LogP contribution in [0.4, 0.5) is 5.95 Å². The topological polar surface area (TPSA) is 47.0 Å². The van der Waals surface area contributed by atoms with Crippen molar-refractivity contribution in [2.75, 3.05) is 19.0 Å². The minimum atomic E-state index is 0.570. The molecule has 1 aromatic rings. The zero-order valence-corrected chi connectivity index (χ0v) is 10.2. The molecule has 0 aromatic carbocycles. The Labute approximate surface area is 97.6 Å². The van der Waals surface area contributed by atoms with Crippen LogP contribution in [-0.2, 0) is 0 Å². The summed E-state index contributed by atoms with van der Waals surface area (Å²) in [6, 6.07) is 0. The van der Waals surface area contributed by atoms with Gasteiger partial charge in [0.05, 0.1) is 17.8 Å². The number of nitrogens with zero attached hydrogens (tertiary/aromatic N) is 2. The summed E-state index contributed by atoms with van der Waals surface area (Å²) in [5.74, 6) is 2.01. The quantitative estimate of drug-likeness (QED) is 0.914. The van der Waals surface area contributed by atoms with E-state index in [0.29, 0.717) is 11.8 Å². The second-order valence-electron chi connectivity index (χ2n) is 3.73. The molecule has 2 rings (SSSR count). The van der Waals surface area contributed by atoms with Gasteiger partial charge in [0.25, 0.3) is 0 Å². The van der Waals surface area contributed by atoms with Crippen LogP contribution in [0.25, 0.3) is 0 Å². The molecule has 1 aliphatic rings. The molecule has 82 valence electrons. The van der Waals surface area contributed by atoms with E-state index in [9.17, 15) is 0 Å². The van der Waals surface area contributed by atoms with Crippen molar-refractivity contribution in [1.29, 1.82) is 0 Å². The Hall–Kier alpha value is -0.840. The number of hydrogen-bond acceptors (Lipinski definition) is 4. The van der Waals surface area contributed by atoms with Crippen molar-refractivity contribution in [2.45, 2.75) is 19.3 Å². The Bertz CT molecular complexity index is 341. The average Bonchev–Trinajstić information content (AvgIpc) is 2.18. The van der Waals surface area contributed by atoms with E-state index >= 15 is 0 Å². The zero-order chi connectivity index (χ0) is 10.7. The molecule has 1 fully saturated rings. The molecule has 0 bridgehead atoms. The first-order valence-corrected chi connectivity index (χ1v) is 5.89. The van der Waals surface area contributed by atoms with Gasteiger partial charge in [-0.1, -0.05) is 6.42 Å². The van der Waals surface area contributed by atoms with Gasteiger partial charge in [-0.15, -0.1) is 0 Å². The maximum atomic E-state index is 5.09. The molecule has 0 spiro atoms. The number of nitrogens with one attached hydrogen (secondary N) is 1. The number of hydrogen-bond donors (Lipinski definition) is 1. The molecular formula is C10H14BrN3O. The largest absolute Gasteiger partial charge is 0.480 e. The maximum absolute atomic E-state index is 5.09. The van der Waals surface area contributed by atoms with Gasteiger partial charge in [0.2, 0.25) is 11.8 Å². The van der Waals surface area contributed by atoms with Crippen LogP contribution in [0.1, 0.15) is 19.3 Å². The Balaban J connectivity index is 1.95. The van der Waals surface area contributed by atoms with Crippen LogP contribution < -0.4 is 10.1 Å². The van der Waals surface area contributed by atoms with Gasteiger partial charge in [-0.05, 0) is 34.7 Å². The van der Waals surface area contributed by atoms with Crippen molar-refractivity contribution < 1.29 is 4.74 Å². The predicted octanol–water partition coefficient (Wildman–Crippen LogP) is 2.46. The minimum Gasteiger partial charge on any atom is -0.480 e. The third kappa shape index (κ3) is 2.59. The molecule has 0 saturated heterocycles. The summed E-state index contributed by atoms with van der Waals surface area (Å²) in [7, 11) is 1.60. The van der Waals surface area contributed by atoms with Gasteiger partial charge in [0, 0.05) is 6.54 Å². The summed E-state index contributed by atoms with van der Waals surface area (Å²) < 4.78 is 5.87. The molecule has 0 atom stereocenters. The molecule has 1 N–H and O–H groups in total. The summed E-state index contributed by atoms with van der Waals surface area (Å²) in [6.07, 6.45) is 5.70. The molecule has 5 heteroatoms. The third-order valence-electron chi connectivity index (χ3n) is 2.68. The normalized spacial score (nSPS) is 15.9. The minimum absolute atomic E-state index is 0.570. The Kier molecular flexibility index (Phi) is 3.41. The van der Waals surface area contributed by atoms with Crippen LogP contribution in [0.5, 0.6) is 5.88 Å². The van der Waals surface area contributed by atoms with Gasteiger partial charge >= 0.3 is 0 Å².